The zero-order chi connectivity index (χ0) is 11.5. The third-order valence-corrected chi connectivity index (χ3v) is 3.61. The molecule has 0 aliphatic carbocycles. The largest absolute Gasteiger partial charge is 0.384 e. The lowest BCUT2D eigenvalue weighted by molar-refractivity contribution is 0.294. The van der Waals surface area contributed by atoms with Gasteiger partial charge in [-0.25, -0.2) is 4.68 Å². The summed E-state index contributed by atoms with van der Waals surface area (Å²) in [7, 11) is 0. The Hall–Kier alpha value is -1.03. The van der Waals surface area contributed by atoms with Gasteiger partial charge in [0.1, 0.15) is 5.82 Å². The van der Waals surface area contributed by atoms with Gasteiger partial charge in [-0.2, -0.15) is 5.10 Å². The maximum atomic E-state index is 6.04. The molecule has 0 spiro atoms. The van der Waals surface area contributed by atoms with Crippen LogP contribution in [0.25, 0.3) is 0 Å². The first kappa shape index (κ1) is 11.5. The molecule has 1 aliphatic rings. The fourth-order valence-corrected chi connectivity index (χ4v) is 2.45. The number of rotatable bonds is 2. The topological polar surface area (TPSA) is 47.1 Å². The van der Waals surface area contributed by atoms with Crippen molar-refractivity contribution in [3.63, 3.8) is 0 Å². The van der Waals surface area contributed by atoms with Crippen molar-refractivity contribution < 1.29 is 0 Å². The van der Waals surface area contributed by atoms with E-state index in [1.807, 2.05) is 17.8 Å². The molecule has 4 heteroatoms. The molecule has 0 saturated carbocycles. The molecule has 2 heterocycles. The second-order valence-corrected chi connectivity index (χ2v) is 4.68. The number of hydrogen-bond acceptors (Lipinski definition) is 3. The number of hydrogen-bond donors (Lipinski definition) is 1. The summed E-state index contributed by atoms with van der Waals surface area (Å²) in [5.74, 6) is 0.843. The molecular formula is C12H22N4. The van der Waals surface area contributed by atoms with E-state index >= 15 is 0 Å². The molecule has 0 bridgehead atoms. The van der Waals surface area contributed by atoms with Gasteiger partial charge in [0, 0.05) is 12.1 Å². The molecule has 2 N–H and O–H groups in total. The van der Waals surface area contributed by atoms with Gasteiger partial charge >= 0.3 is 0 Å². The van der Waals surface area contributed by atoms with Crippen molar-refractivity contribution in [1.82, 2.24) is 14.7 Å². The van der Waals surface area contributed by atoms with E-state index in [1.54, 1.807) is 0 Å². The van der Waals surface area contributed by atoms with Crippen LogP contribution in [-0.2, 0) is 0 Å². The van der Waals surface area contributed by atoms with Crippen molar-refractivity contribution in [3.8, 4) is 0 Å². The first-order chi connectivity index (χ1) is 7.72. The molecule has 1 aromatic heterocycles. The molecule has 2 rings (SSSR count). The Labute approximate surface area is 97.4 Å². The first-order valence-corrected chi connectivity index (χ1v) is 6.24. The summed E-state index contributed by atoms with van der Waals surface area (Å²) in [6.45, 7) is 7.79. The third-order valence-electron chi connectivity index (χ3n) is 3.61. The second kappa shape index (κ2) is 4.87. The minimum atomic E-state index is 0.491. The number of aromatic nitrogens is 2. The highest BCUT2D eigenvalue weighted by Gasteiger charge is 2.19. The standard InChI is InChI=1S/C12H22N4/c1-3-15-7-4-5-11(6-8-15)16-12(13)10(2)9-14-16/h9,11H,3-8,13H2,1-2H3. The van der Waals surface area contributed by atoms with Crippen molar-refractivity contribution in [2.75, 3.05) is 25.4 Å². The Kier molecular flexibility index (Phi) is 3.49. The summed E-state index contributed by atoms with van der Waals surface area (Å²) in [5.41, 5.74) is 7.13. The fraction of sp³-hybridized carbons (Fsp3) is 0.750. The number of aryl methyl sites for hydroxylation is 1. The minimum absolute atomic E-state index is 0.491. The van der Waals surface area contributed by atoms with Gasteiger partial charge in [-0.3, -0.25) is 0 Å². The van der Waals surface area contributed by atoms with Crippen molar-refractivity contribution in [2.45, 2.75) is 39.2 Å². The first-order valence-electron chi connectivity index (χ1n) is 6.24. The molecule has 90 valence electrons. The van der Waals surface area contributed by atoms with Crippen LogP contribution in [0.3, 0.4) is 0 Å². The van der Waals surface area contributed by atoms with Gasteiger partial charge in [-0.1, -0.05) is 6.92 Å². The van der Waals surface area contributed by atoms with Crippen molar-refractivity contribution in [1.29, 1.82) is 0 Å². The molecular weight excluding hydrogens is 200 g/mol. The number of nitrogens with zero attached hydrogens (tertiary/aromatic N) is 3. The zero-order valence-electron chi connectivity index (χ0n) is 10.3. The normalized spacial score (nSPS) is 23.2. The monoisotopic (exact) mass is 222 g/mol. The molecule has 4 nitrogen and oxygen atoms in total. The Morgan fingerprint density at radius 1 is 1.44 bits per heavy atom. The number of anilines is 1. The maximum Gasteiger partial charge on any atom is 0.124 e. The van der Waals surface area contributed by atoms with Crippen LogP contribution in [0.15, 0.2) is 6.20 Å². The SMILES string of the molecule is CCN1CCCC(n2ncc(C)c2N)CC1. The maximum absolute atomic E-state index is 6.04. The van der Waals surface area contributed by atoms with Gasteiger partial charge in [0.2, 0.25) is 0 Å². The Bertz CT molecular complexity index is 345. The molecule has 16 heavy (non-hydrogen) atoms. The van der Waals surface area contributed by atoms with E-state index in [4.69, 9.17) is 5.73 Å². The number of likely N-dealkylation sites (tertiary alicyclic amines) is 1. The number of nitrogen functional groups attached to an aromatic ring is 1. The summed E-state index contributed by atoms with van der Waals surface area (Å²) >= 11 is 0. The third kappa shape index (κ3) is 2.21. The molecule has 0 aromatic carbocycles. The average molecular weight is 222 g/mol. The van der Waals surface area contributed by atoms with Crippen LogP contribution in [0.5, 0.6) is 0 Å². The molecule has 1 aliphatic heterocycles. The van der Waals surface area contributed by atoms with E-state index in [-0.39, 0.29) is 0 Å². The smallest absolute Gasteiger partial charge is 0.124 e. The molecule has 0 radical (unpaired) electrons. The van der Waals surface area contributed by atoms with Gasteiger partial charge in [-0.15, -0.1) is 0 Å². The highest BCUT2D eigenvalue weighted by atomic mass is 15.3. The van der Waals surface area contributed by atoms with Crippen LogP contribution < -0.4 is 5.73 Å². The van der Waals surface area contributed by atoms with Crippen LogP contribution in [-0.4, -0.2) is 34.3 Å². The summed E-state index contributed by atoms with van der Waals surface area (Å²) < 4.78 is 2.02. The Morgan fingerprint density at radius 2 is 2.25 bits per heavy atom. The number of nitrogens with two attached hydrogens (primary N) is 1. The molecule has 0 amide bonds. The molecule has 1 saturated heterocycles. The van der Waals surface area contributed by atoms with E-state index in [2.05, 4.69) is 16.9 Å². The van der Waals surface area contributed by atoms with E-state index in [1.165, 1.54) is 32.4 Å². The molecule has 1 aromatic rings. The van der Waals surface area contributed by atoms with E-state index in [9.17, 15) is 0 Å². The van der Waals surface area contributed by atoms with E-state index in [0.29, 0.717) is 6.04 Å². The lowest BCUT2D eigenvalue weighted by Crippen LogP contribution is -2.24. The van der Waals surface area contributed by atoms with E-state index < -0.39 is 0 Å². The predicted molar refractivity (Wildman–Crippen MR) is 66.4 cm³/mol. The Morgan fingerprint density at radius 3 is 2.88 bits per heavy atom. The van der Waals surface area contributed by atoms with Crippen LogP contribution >= 0.6 is 0 Å². The summed E-state index contributed by atoms with van der Waals surface area (Å²) in [6.07, 6.45) is 5.48. The van der Waals surface area contributed by atoms with Crippen LogP contribution in [0.1, 0.15) is 37.8 Å². The van der Waals surface area contributed by atoms with Gasteiger partial charge in [0.05, 0.1) is 12.2 Å². The molecule has 1 atom stereocenters. The van der Waals surface area contributed by atoms with Crippen LogP contribution in [0.4, 0.5) is 5.82 Å². The van der Waals surface area contributed by atoms with Gasteiger partial charge in [-0.05, 0) is 39.3 Å². The van der Waals surface area contributed by atoms with Crippen molar-refractivity contribution in [2.24, 2.45) is 0 Å². The highest BCUT2D eigenvalue weighted by molar-refractivity contribution is 5.37. The fourth-order valence-electron chi connectivity index (χ4n) is 2.45. The van der Waals surface area contributed by atoms with Gasteiger partial charge < -0.3 is 10.6 Å². The van der Waals surface area contributed by atoms with Crippen LogP contribution in [0, 0.1) is 6.92 Å². The molecule has 1 fully saturated rings. The summed E-state index contributed by atoms with van der Waals surface area (Å²) in [6, 6.07) is 0.491. The average Bonchev–Trinajstić information content (AvgIpc) is 2.55. The van der Waals surface area contributed by atoms with Crippen LogP contribution in [0.2, 0.25) is 0 Å². The predicted octanol–water partition coefficient (Wildman–Crippen LogP) is 1.82. The van der Waals surface area contributed by atoms with Gasteiger partial charge in [0.25, 0.3) is 0 Å². The van der Waals surface area contributed by atoms with Crippen molar-refractivity contribution in [3.05, 3.63) is 11.8 Å². The molecule has 1 unspecified atom stereocenters. The second-order valence-electron chi connectivity index (χ2n) is 4.68. The Balaban J connectivity index is 2.07. The lowest BCUT2D eigenvalue weighted by atomic mass is 10.1. The van der Waals surface area contributed by atoms with E-state index in [0.717, 1.165) is 17.9 Å². The van der Waals surface area contributed by atoms with Crippen molar-refractivity contribution >= 4 is 5.82 Å². The zero-order valence-corrected chi connectivity index (χ0v) is 10.3. The minimum Gasteiger partial charge on any atom is -0.384 e. The summed E-state index contributed by atoms with van der Waals surface area (Å²) in [4.78, 5) is 2.51. The highest BCUT2D eigenvalue weighted by Crippen LogP contribution is 2.25. The lowest BCUT2D eigenvalue weighted by Gasteiger charge is -2.18. The summed E-state index contributed by atoms with van der Waals surface area (Å²) in [5, 5.41) is 4.40. The quantitative estimate of drug-likeness (QED) is 0.830. The van der Waals surface area contributed by atoms with Gasteiger partial charge in [0.15, 0.2) is 0 Å².